The van der Waals surface area contributed by atoms with Crippen molar-refractivity contribution in [1.82, 2.24) is 0 Å². The van der Waals surface area contributed by atoms with Crippen molar-refractivity contribution in [2.24, 2.45) is 11.3 Å². The van der Waals surface area contributed by atoms with Crippen molar-refractivity contribution in [2.45, 2.75) is 52.9 Å². The van der Waals surface area contributed by atoms with Gasteiger partial charge in [0.25, 0.3) is 0 Å². The van der Waals surface area contributed by atoms with Crippen molar-refractivity contribution in [3.05, 3.63) is 0 Å². The first kappa shape index (κ1) is 13.2. The fraction of sp³-hybridized carbons (Fsp3) is 0.846. The number of ketones is 1. The van der Waals surface area contributed by atoms with Crippen molar-refractivity contribution in [1.29, 1.82) is 0 Å². The molecule has 1 heterocycles. The Kier molecular flexibility index (Phi) is 4.51. The molecule has 0 radical (unpaired) electrons. The third kappa shape index (κ3) is 2.83. The van der Waals surface area contributed by atoms with Crippen molar-refractivity contribution in [3.8, 4) is 0 Å². The zero-order valence-electron chi connectivity index (χ0n) is 10.5. The summed E-state index contributed by atoms with van der Waals surface area (Å²) in [4.78, 5) is 23.5. The molecule has 0 amide bonds. The number of hydrogen-bond donors (Lipinski definition) is 0. The maximum absolute atomic E-state index is 12.2. The van der Waals surface area contributed by atoms with E-state index >= 15 is 0 Å². The van der Waals surface area contributed by atoms with Gasteiger partial charge in [-0.15, -0.1) is 0 Å². The number of esters is 1. The van der Waals surface area contributed by atoms with E-state index in [9.17, 15) is 9.59 Å². The van der Waals surface area contributed by atoms with Crippen molar-refractivity contribution in [3.63, 3.8) is 0 Å². The third-order valence-corrected chi connectivity index (χ3v) is 3.73. The van der Waals surface area contributed by atoms with E-state index in [2.05, 4.69) is 6.92 Å². The predicted molar refractivity (Wildman–Crippen MR) is 62.0 cm³/mol. The number of ether oxygens (including phenoxy) is 1. The van der Waals surface area contributed by atoms with Crippen LogP contribution in [0.1, 0.15) is 52.9 Å². The predicted octanol–water partition coefficient (Wildman–Crippen LogP) is 2.73. The van der Waals surface area contributed by atoms with Gasteiger partial charge in [-0.1, -0.05) is 27.2 Å². The van der Waals surface area contributed by atoms with Gasteiger partial charge in [-0.2, -0.15) is 0 Å². The summed E-state index contributed by atoms with van der Waals surface area (Å²) in [6.07, 6.45) is 3.83. The fourth-order valence-corrected chi connectivity index (χ4v) is 2.26. The second-order valence-electron chi connectivity index (χ2n) is 4.94. The van der Waals surface area contributed by atoms with E-state index in [1.807, 2.05) is 13.8 Å². The molecule has 0 aromatic rings. The Morgan fingerprint density at radius 2 is 2.19 bits per heavy atom. The van der Waals surface area contributed by atoms with Gasteiger partial charge >= 0.3 is 5.97 Å². The van der Waals surface area contributed by atoms with Gasteiger partial charge in [-0.3, -0.25) is 9.59 Å². The van der Waals surface area contributed by atoms with Crippen LogP contribution in [0.15, 0.2) is 0 Å². The van der Waals surface area contributed by atoms with E-state index in [1.165, 1.54) is 0 Å². The molecular formula is C13H22O3. The van der Waals surface area contributed by atoms with Crippen LogP contribution in [0.3, 0.4) is 0 Å². The molecule has 0 N–H and O–H groups in total. The van der Waals surface area contributed by atoms with E-state index in [-0.39, 0.29) is 23.1 Å². The number of hydrogen-bond acceptors (Lipinski definition) is 3. The van der Waals surface area contributed by atoms with Crippen LogP contribution in [0.4, 0.5) is 0 Å². The smallest absolute Gasteiger partial charge is 0.309 e. The molecule has 0 saturated carbocycles. The van der Waals surface area contributed by atoms with Gasteiger partial charge < -0.3 is 4.74 Å². The van der Waals surface area contributed by atoms with Crippen LogP contribution in [-0.4, -0.2) is 18.4 Å². The monoisotopic (exact) mass is 226 g/mol. The highest BCUT2D eigenvalue weighted by atomic mass is 16.5. The van der Waals surface area contributed by atoms with Crippen LogP contribution in [0.25, 0.3) is 0 Å². The molecular weight excluding hydrogens is 204 g/mol. The van der Waals surface area contributed by atoms with Gasteiger partial charge in [0.05, 0.1) is 12.5 Å². The molecule has 0 aliphatic carbocycles. The molecule has 1 rings (SSSR count). The SMILES string of the molecule is CCCC(C)(CC)C(=O)CC1CCOC1=O. The summed E-state index contributed by atoms with van der Waals surface area (Å²) in [5, 5.41) is 0. The first-order chi connectivity index (χ1) is 7.53. The lowest BCUT2D eigenvalue weighted by Gasteiger charge is -2.26. The minimum atomic E-state index is -0.252. The van der Waals surface area contributed by atoms with E-state index in [0.29, 0.717) is 19.4 Å². The minimum Gasteiger partial charge on any atom is -0.465 e. The third-order valence-electron chi connectivity index (χ3n) is 3.73. The summed E-state index contributed by atoms with van der Waals surface area (Å²) in [5.41, 5.74) is -0.252. The molecule has 1 aliphatic rings. The first-order valence-corrected chi connectivity index (χ1v) is 6.23. The lowest BCUT2D eigenvalue weighted by molar-refractivity contribution is -0.144. The normalized spacial score (nSPS) is 23.9. The van der Waals surface area contributed by atoms with Gasteiger partial charge in [0, 0.05) is 11.8 Å². The van der Waals surface area contributed by atoms with Gasteiger partial charge in [0.15, 0.2) is 0 Å². The van der Waals surface area contributed by atoms with E-state index in [1.54, 1.807) is 0 Å². The molecule has 3 heteroatoms. The second-order valence-corrected chi connectivity index (χ2v) is 4.94. The molecule has 0 bridgehead atoms. The standard InChI is InChI=1S/C13H22O3/c1-4-7-13(3,5-2)11(14)9-10-6-8-16-12(10)15/h10H,4-9H2,1-3H3. The summed E-state index contributed by atoms with van der Waals surface area (Å²) in [5.74, 6) is -0.153. The average molecular weight is 226 g/mol. The van der Waals surface area contributed by atoms with Crippen LogP contribution in [-0.2, 0) is 14.3 Å². The lowest BCUT2D eigenvalue weighted by Crippen LogP contribution is -2.29. The summed E-state index contributed by atoms with van der Waals surface area (Å²) in [6, 6.07) is 0. The molecule has 92 valence electrons. The molecule has 1 fully saturated rings. The van der Waals surface area contributed by atoms with Gasteiger partial charge in [0.2, 0.25) is 0 Å². The van der Waals surface area contributed by atoms with Crippen molar-refractivity contribution >= 4 is 11.8 Å². The first-order valence-electron chi connectivity index (χ1n) is 6.23. The Balaban J connectivity index is 2.58. The molecule has 1 saturated heterocycles. The average Bonchev–Trinajstić information content (AvgIpc) is 2.64. The Hall–Kier alpha value is -0.860. The van der Waals surface area contributed by atoms with E-state index in [4.69, 9.17) is 4.74 Å². The Labute approximate surface area is 97.5 Å². The van der Waals surface area contributed by atoms with Crippen LogP contribution in [0.5, 0.6) is 0 Å². The summed E-state index contributed by atoms with van der Waals surface area (Å²) in [6.45, 7) is 6.62. The Morgan fingerprint density at radius 3 is 2.62 bits per heavy atom. The van der Waals surface area contributed by atoms with Gasteiger partial charge in [-0.25, -0.2) is 0 Å². The maximum atomic E-state index is 12.2. The van der Waals surface area contributed by atoms with Crippen LogP contribution in [0, 0.1) is 11.3 Å². The molecule has 1 aliphatic heterocycles. The summed E-state index contributed by atoms with van der Waals surface area (Å²) in [7, 11) is 0. The zero-order chi connectivity index (χ0) is 12.2. The lowest BCUT2D eigenvalue weighted by atomic mass is 9.76. The molecule has 3 nitrogen and oxygen atoms in total. The highest BCUT2D eigenvalue weighted by Gasteiger charge is 2.35. The van der Waals surface area contributed by atoms with Crippen LogP contribution < -0.4 is 0 Å². The summed E-state index contributed by atoms with van der Waals surface area (Å²) >= 11 is 0. The molecule has 2 atom stereocenters. The number of cyclic esters (lactones) is 1. The number of carbonyl (C=O) groups is 2. The van der Waals surface area contributed by atoms with Crippen LogP contribution in [0.2, 0.25) is 0 Å². The van der Waals surface area contributed by atoms with Gasteiger partial charge in [0.1, 0.15) is 5.78 Å². The number of carbonyl (C=O) groups excluding carboxylic acids is 2. The molecule has 0 aromatic carbocycles. The number of Topliss-reactive ketones (excluding diaryl/α,β-unsaturated/α-hetero) is 1. The Bertz CT molecular complexity index is 272. The highest BCUT2D eigenvalue weighted by Crippen LogP contribution is 2.32. The van der Waals surface area contributed by atoms with Gasteiger partial charge in [-0.05, 0) is 19.3 Å². The highest BCUT2D eigenvalue weighted by molar-refractivity contribution is 5.88. The largest absolute Gasteiger partial charge is 0.465 e. The topological polar surface area (TPSA) is 43.4 Å². The summed E-state index contributed by atoms with van der Waals surface area (Å²) < 4.78 is 4.88. The second kappa shape index (κ2) is 5.46. The quantitative estimate of drug-likeness (QED) is 0.654. The Morgan fingerprint density at radius 1 is 1.50 bits per heavy atom. The minimum absolute atomic E-state index is 0.185. The number of rotatable bonds is 6. The van der Waals surface area contributed by atoms with Crippen molar-refractivity contribution < 1.29 is 14.3 Å². The fourth-order valence-electron chi connectivity index (χ4n) is 2.26. The maximum Gasteiger partial charge on any atom is 0.309 e. The molecule has 0 spiro atoms. The van der Waals surface area contributed by atoms with E-state index < -0.39 is 0 Å². The van der Waals surface area contributed by atoms with E-state index in [0.717, 1.165) is 19.3 Å². The zero-order valence-corrected chi connectivity index (χ0v) is 10.5. The molecule has 2 unspecified atom stereocenters. The molecule has 0 aromatic heterocycles. The van der Waals surface area contributed by atoms with Crippen molar-refractivity contribution in [2.75, 3.05) is 6.61 Å². The molecule has 16 heavy (non-hydrogen) atoms. The van der Waals surface area contributed by atoms with Crippen LogP contribution >= 0.6 is 0 Å².